The molecule has 0 saturated heterocycles. The Morgan fingerprint density at radius 2 is 2.35 bits per heavy atom. The number of rotatable bonds is 5. The molecule has 0 bridgehead atoms. The fourth-order valence-corrected chi connectivity index (χ4v) is 3.56. The summed E-state index contributed by atoms with van der Waals surface area (Å²) in [4.78, 5) is 16.1. The molecule has 0 aliphatic heterocycles. The molecule has 0 unspecified atom stereocenters. The zero-order valence-corrected chi connectivity index (χ0v) is 14.0. The van der Waals surface area contributed by atoms with Gasteiger partial charge >= 0.3 is 6.03 Å². The second-order valence-corrected chi connectivity index (χ2v) is 6.42. The number of thiazole rings is 1. The molecule has 5 nitrogen and oxygen atoms in total. The van der Waals surface area contributed by atoms with Crippen LogP contribution in [0.5, 0.6) is 5.75 Å². The summed E-state index contributed by atoms with van der Waals surface area (Å²) in [5.41, 5.74) is 5.32. The van der Waals surface area contributed by atoms with Crippen LogP contribution in [0.4, 0.5) is 4.79 Å². The van der Waals surface area contributed by atoms with Crippen molar-refractivity contribution in [1.29, 1.82) is 0 Å². The van der Waals surface area contributed by atoms with Crippen LogP contribution in [0, 0.1) is 0 Å². The number of benzene rings is 1. The first kappa shape index (κ1) is 15.8. The Kier molecular flexibility index (Phi) is 5.12. The molecule has 0 radical (unpaired) electrons. The van der Waals surface area contributed by atoms with Gasteiger partial charge in [-0.1, -0.05) is 6.07 Å². The lowest BCUT2D eigenvalue weighted by atomic mass is 9.82. The summed E-state index contributed by atoms with van der Waals surface area (Å²) in [7, 11) is 1.69. The van der Waals surface area contributed by atoms with Crippen molar-refractivity contribution in [3.8, 4) is 5.75 Å². The molecule has 1 atom stereocenters. The molecule has 1 aliphatic carbocycles. The van der Waals surface area contributed by atoms with Gasteiger partial charge in [0.2, 0.25) is 0 Å². The van der Waals surface area contributed by atoms with E-state index in [0.29, 0.717) is 19.0 Å². The van der Waals surface area contributed by atoms with Gasteiger partial charge in [0.15, 0.2) is 0 Å². The van der Waals surface area contributed by atoms with Crippen LogP contribution in [0.15, 0.2) is 29.1 Å². The second-order valence-electron chi connectivity index (χ2n) is 5.70. The molecule has 6 heteroatoms. The Labute approximate surface area is 140 Å². The first-order chi connectivity index (χ1) is 11.3. The monoisotopic (exact) mass is 331 g/mol. The summed E-state index contributed by atoms with van der Waals surface area (Å²) in [6.07, 6.45) is 3.33. The number of aromatic nitrogens is 1. The Morgan fingerprint density at radius 1 is 1.43 bits per heavy atom. The number of nitrogens with zero attached hydrogens (tertiary/aromatic N) is 1. The molecule has 1 aliphatic rings. The van der Waals surface area contributed by atoms with E-state index in [4.69, 9.17) is 4.74 Å². The third-order valence-corrected chi connectivity index (χ3v) is 4.85. The third kappa shape index (κ3) is 4.01. The van der Waals surface area contributed by atoms with Gasteiger partial charge in [-0.3, -0.25) is 0 Å². The molecule has 0 spiro atoms. The minimum absolute atomic E-state index is 0.140. The zero-order valence-electron chi connectivity index (χ0n) is 13.2. The first-order valence-corrected chi connectivity index (χ1v) is 8.76. The molecular formula is C17H21N3O2S. The van der Waals surface area contributed by atoms with Gasteiger partial charge in [0.05, 0.1) is 24.9 Å². The van der Waals surface area contributed by atoms with Crippen LogP contribution in [0.3, 0.4) is 0 Å². The van der Waals surface area contributed by atoms with E-state index >= 15 is 0 Å². The summed E-state index contributed by atoms with van der Waals surface area (Å²) in [6.45, 7) is 1.12. The van der Waals surface area contributed by atoms with Gasteiger partial charge in [-0.05, 0) is 42.5 Å². The summed E-state index contributed by atoms with van der Waals surface area (Å²) >= 11 is 1.53. The highest BCUT2D eigenvalue weighted by molar-refractivity contribution is 7.07. The largest absolute Gasteiger partial charge is 0.497 e. The Balaban J connectivity index is 1.54. The van der Waals surface area contributed by atoms with Gasteiger partial charge in [0.25, 0.3) is 0 Å². The molecule has 2 aromatic rings. The number of amides is 2. The van der Waals surface area contributed by atoms with E-state index in [2.05, 4.69) is 27.8 Å². The molecule has 122 valence electrons. The maximum absolute atomic E-state index is 11.9. The summed E-state index contributed by atoms with van der Waals surface area (Å²) < 4.78 is 5.30. The highest BCUT2D eigenvalue weighted by atomic mass is 32.1. The van der Waals surface area contributed by atoms with Crippen molar-refractivity contribution in [3.05, 3.63) is 45.9 Å². The first-order valence-electron chi connectivity index (χ1n) is 7.82. The molecule has 2 N–H and O–H groups in total. The van der Waals surface area contributed by atoms with E-state index in [1.807, 2.05) is 11.4 Å². The lowest BCUT2D eigenvalue weighted by molar-refractivity contribution is 0.239. The quantitative estimate of drug-likeness (QED) is 0.885. The van der Waals surface area contributed by atoms with Crippen LogP contribution < -0.4 is 15.4 Å². The van der Waals surface area contributed by atoms with Gasteiger partial charge < -0.3 is 15.4 Å². The Morgan fingerprint density at radius 3 is 3.13 bits per heavy atom. The fraction of sp³-hybridized carbons (Fsp3) is 0.412. The number of hydrogen-bond donors (Lipinski definition) is 2. The van der Waals surface area contributed by atoms with Gasteiger partial charge in [-0.15, -0.1) is 11.3 Å². The minimum atomic E-state index is -0.140. The normalized spacial score (nSPS) is 16.5. The van der Waals surface area contributed by atoms with Crippen LogP contribution in [0.2, 0.25) is 0 Å². The van der Waals surface area contributed by atoms with Crippen LogP contribution >= 0.6 is 11.3 Å². The molecule has 2 amide bonds. The van der Waals surface area contributed by atoms with Crippen LogP contribution in [-0.4, -0.2) is 24.7 Å². The lowest BCUT2D eigenvalue weighted by Gasteiger charge is -2.26. The van der Waals surface area contributed by atoms with E-state index in [1.54, 1.807) is 12.6 Å². The van der Waals surface area contributed by atoms with E-state index in [-0.39, 0.29) is 6.03 Å². The number of aryl methyl sites for hydroxylation is 1. The maximum atomic E-state index is 11.9. The van der Waals surface area contributed by atoms with Gasteiger partial charge in [-0.25, -0.2) is 9.78 Å². The van der Waals surface area contributed by atoms with Crippen molar-refractivity contribution in [2.75, 3.05) is 13.7 Å². The second kappa shape index (κ2) is 7.46. The molecule has 1 heterocycles. The molecule has 0 fully saturated rings. The van der Waals surface area contributed by atoms with Crippen molar-refractivity contribution in [3.63, 3.8) is 0 Å². The Hall–Kier alpha value is -2.08. The van der Waals surface area contributed by atoms with Gasteiger partial charge in [0.1, 0.15) is 5.75 Å². The minimum Gasteiger partial charge on any atom is -0.497 e. The average Bonchev–Trinajstić information content (AvgIpc) is 3.11. The van der Waals surface area contributed by atoms with E-state index in [9.17, 15) is 4.79 Å². The van der Waals surface area contributed by atoms with Gasteiger partial charge in [0, 0.05) is 17.8 Å². The summed E-state index contributed by atoms with van der Waals surface area (Å²) in [5, 5.41) is 7.76. The standard InChI is InChI=1S/C17H21N3O2S/c1-22-15-5-6-16-12(7-15)3-2-4-13(16)8-18-17(21)19-9-14-10-23-11-20-14/h5-7,10-11,13H,2-4,8-9H2,1H3,(H2,18,19,21)/t13-/m0/s1. The van der Waals surface area contributed by atoms with Crippen molar-refractivity contribution in [1.82, 2.24) is 15.6 Å². The number of hydrogen-bond acceptors (Lipinski definition) is 4. The summed E-state index contributed by atoms with van der Waals surface area (Å²) in [6, 6.07) is 6.11. The number of nitrogens with one attached hydrogen (secondary N) is 2. The SMILES string of the molecule is COc1ccc2c(c1)CCC[C@H]2CNC(=O)NCc1cscn1. The highest BCUT2D eigenvalue weighted by Gasteiger charge is 2.21. The predicted octanol–water partition coefficient (Wildman–Crippen LogP) is 3.07. The van der Waals surface area contributed by atoms with E-state index in [1.165, 1.54) is 22.5 Å². The fourth-order valence-electron chi connectivity index (χ4n) is 3.00. The average molecular weight is 331 g/mol. The van der Waals surface area contributed by atoms with Gasteiger partial charge in [-0.2, -0.15) is 0 Å². The molecule has 1 aromatic heterocycles. The van der Waals surface area contributed by atoms with Crippen LogP contribution in [0.25, 0.3) is 0 Å². The smallest absolute Gasteiger partial charge is 0.315 e. The predicted molar refractivity (Wildman–Crippen MR) is 91.0 cm³/mol. The number of methoxy groups -OCH3 is 1. The lowest BCUT2D eigenvalue weighted by Crippen LogP contribution is -2.38. The number of ether oxygens (including phenoxy) is 1. The van der Waals surface area contributed by atoms with E-state index in [0.717, 1.165) is 30.7 Å². The third-order valence-electron chi connectivity index (χ3n) is 4.21. The molecular weight excluding hydrogens is 310 g/mol. The molecule has 1 aromatic carbocycles. The number of carbonyl (C=O) groups excluding carboxylic acids is 1. The van der Waals surface area contributed by atoms with Crippen molar-refractivity contribution in [2.24, 2.45) is 0 Å². The molecule has 0 saturated carbocycles. The topological polar surface area (TPSA) is 63.2 Å². The zero-order chi connectivity index (χ0) is 16.1. The van der Waals surface area contributed by atoms with Crippen molar-refractivity contribution >= 4 is 17.4 Å². The maximum Gasteiger partial charge on any atom is 0.315 e. The van der Waals surface area contributed by atoms with Crippen LogP contribution in [0.1, 0.15) is 35.6 Å². The van der Waals surface area contributed by atoms with Crippen molar-refractivity contribution in [2.45, 2.75) is 31.7 Å². The Bertz CT molecular complexity index is 658. The molecule has 23 heavy (non-hydrogen) atoms. The number of carbonyl (C=O) groups is 1. The van der Waals surface area contributed by atoms with Crippen LogP contribution in [-0.2, 0) is 13.0 Å². The number of urea groups is 1. The molecule has 3 rings (SSSR count). The summed E-state index contributed by atoms with van der Waals surface area (Å²) in [5.74, 6) is 1.27. The van der Waals surface area contributed by atoms with Crippen molar-refractivity contribution < 1.29 is 9.53 Å². The number of fused-ring (bicyclic) bond motifs is 1. The highest BCUT2D eigenvalue weighted by Crippen LogP contribution is 2.33. The van der Waals surface area contributed by atoms with E-state index < -0.39 is 0 Å².